The maximum atomic E-state index is 11.1. The van der Waals surface area contributed by atoms with Crippen LogP contribution >= 0.6 is 31.9 Å². The highest BCUT2D eigenvalue weighted by Gasteiger charge is 2.03. The van der Waals surface area contributed by atoms with E-state index in [0.717, 1.165) is 37.3 Å². The zero-order valence-electron chi connectivity index (χ0n) is 18.2. The standard InChI is InChI=1S/C14H13BrO2.C13H11BrO2/c1-17-14(16)7-3-10-2-4-12-9-13(15)6-5-11(12)8-10;14-12-5-4-10-7-9(2-6-13(15)16)1-3-11(10)8-12/h2,4-6,8-9H,3,7H2,1H3;1,3-5,7-8H,2,6H2,(H,15,16). The normalized spacial score (nSPS) is 10.5. The van der Waals surface area contributed by atoms with Crippen molar-refractivity contribution in [3.05, 3.63) is 92.9 Å². The number of hydrogen-bond donors (Lipinski definition) is 1. The fourth-order valence-electron chi connectivity index (χ4n) is 3.44. The molecule has 0 heterocycles. The Balaban J connectivity index is 0.000000186. The van der Waals surface area contributed by atoms with Gasteiger partial charge in [-0.05, 0) is 69.8 Å². The number of esters is 1. The number of aliphatic carboxylic acids is 1. The van der Waals surface area contributed by atoms with Gasteiger partial charge in [-0.15, -0.1) is 0 Å². The summed E-state index contributed by atoms with van der Waals surface area (Å²) in [5, 5.41) is 13.3. The van der Waals surface area contributed by atoms with Gasteiger partial charge < -0.3 is 9.84 Å². The number of carbonyl (C=O) groups is 2. The number of rotatable bonds is 6. The molecule has 0 atom stereocenters. The highest BCUT2D eigenvalue weighted by molar-refractivity contribution is 9.10. The van der Waals surface area contributed by atoms with Crippen LogP contribution in [0.4, 0.5) is 0 Å². The van der Waals surface area contributed by atoms with Gasteiger partial charge in [0.2, 0.25) is 0 Å². The monoisotopic (exact) mass is 570 g/mol. The third-order valence-corrected chi connectivity index (χ3v) is 6.19. The van der Waals surface area contributed by atoms with E-state index in [1.165, 1.54) is 17.9 Å². The lowest BCUT2D eigenvalue weighted by molar-refractivity contribution is -0.140. The number of carboxylic acid groups (broad SMARTS) is 1. The predicted octanol–water partition coefficient (Wildman–Crippen LogP) is 7.33. The highest BCUT2D eigenvalue weighted by atomic mass is 79.9. The number of halogens is 2. The Kier molecular flexibility index (Phi) is 9.03. The van der Waals surface area contributed by atoms with Gasteiger partial charge in [0.15, 0.2) is 0 Å². The summed E-state index contributed by atoms with van der Waals surface area (Å²) in [5.74, 6) is -0.920. The highest BCUT2D eigenvalue weighted by Crippen LogP contribution is 2.22. The van der Waals surface area contributed by atoms with Gasteiger partial charge in [0.25, 0.3) is 0 Å². The molecule has 170 valence electrons. The number of benzene rings is 4. The Morgan fingerprint density at radius 3 is 1.58 bits per heavy atom. The average Bonchev–Trinajstić information content (AvgIpc) is 2.81. The van der Waals surface area contributed by atoms with Gasteiger partial charge in [-0.1, -0.05) is 80.4 Å². The van der Waals surface area contributed by atoms with E-state index < -0.39 is 5.97 Å². The van der Waals surface area contributed by atoms with Crippen LogP contribution < -0.4 is 0 Å². The Bertz CT molecular complexity index is 1280. The first-order valence-electron chi connectivity index (χ1n) is 10.5. The number of carboxylic acids is 1. The van der Waals surface area contributed by atoms with Crippen molar-refractivity contribution in [1.82, 2.24) is 0 Å². The molecule has 4 aromatic rings. The topological polar surface area (TPSA) is 63.6 Å². The van der Waals surface area contributed by atoms with Crippen molar-refractivity contribution in [2.75, 3.05) is 7.11 Å². The van der Waals surface area contributed by atoms with E-state index in [2.05, 4.69) is 73.0 Å². The minimum Gasteiger partial charge on any atom is -0.481 e. The van der Waals surface area contributed by atoms with Crippen molar-refractivity contribution >= 4 is 65.3 Å². The van der Waals surface area contributed by atoms with Gasteiger partial charge in [-0.2, -0.15) is 0 Å². The summed E-state index contributed by atoms with van der Waals surface area (Å²) in [5.41, 5.74) is 2.22. The number of ether oxygens (including phenoxy) is 1. The molecular weight excluding hydrogens is 548 g/mol. The molecule has 0 aromatic heterocycles. The molecule has 0 bridgehead atoms. The summed E-state index contributed by atoms with van der Waals surface area (Å²) in [4.78, 5) is 21.5. The molecular formula is C27H24Br2O4. The Morgan fingerprint density at radius 1 is 0.697 bits per heavy atom. The average molecular weight is 572 g/mol. The second-order valence-electron chi connectivity index (χ2n) is 7.62. The van der Waals surface area contributed by atoms with E-state index in [9.17, 15) is 9.59 Å². The molecule has 0 aliphatic heterocycles. The molecule has 4 rings (SSSR count). The third-order valence-electron chi connectivity index (χ3n) is 5.21. The molecule has 0 amide bonds. The molecule has 4 nitrogen and oxygen atoms in total. The Hall–Kier alpha value is -2.70. The van der Waals surface area contributed by atoms with E-state index in [1.54, 1.807) is 0 Å². The van der Waals surface area contributed by atoms with Crippen molar-refractivity contribution in [2.24, 2.45) is 0 Å². The fourth-order valence-corrected chi connectivity index (χ4v) is 4.20. The molecule has 0 fully saturated rings. The van der Waals surface area contributed by atoms with Crippen molar-refractivity contribution in [3.8, 4) is 0 Å². The van der Waals surface area contributed by atoms with E-state index in [0.29, 0.717) is 12.8 Å². The Labute approximate surface area is 209 Å². The van der Waals surface area contributed by atoms with Gasteiger partial charge in [0, 0.05) is 21.8 Å². The second-order valence-corrected chi connectivity index (χ2v) is 9.45. The second kappa shape index (κ2) is 12.0. The first kappa shape index (κ1) is 24.9. The Morgan fingerprint density at radius 2 is 1.12 bits per heavy atom. The molecule has 0 saturated carbocycles. The summed E-state index contributed by atoms with van der Waals surface area (Å²) in [7, 11) is 1.42. The number of aryl methyl sites for hydroxylation is 2. The minimum absolute atomic E-state index is 0.166. The molecule has 6 heteroatoms. The summed E-state index contributed by atoms with van der Waals surface area (Å²) in [6.07, 6.45) is 1.92. The SMILES string of the molecule is COC(=O)CCc1ccc2cc(Br)ccc2c1.O=C(O)CCc1ccc2cc(Br)ccc2c1. The van der Waals surface area contributed by atoms with Crippen LogP contribution in [0.1, 0.15) is 24.0 Å². The van der Waals surface area contributed by atoms with E-state index >= 15 is 0 Å². The van der Waals surface area contributed by atoms with E-state index in [1.807, 2.05) is 36.4 Å². The minimum atomic E-state index is -0.754. The van der Waals surface area contributed by atoms with Crippen molar-refractivity contribution < 1.29 is 19.4 Å². The summed E-state index contributed by atoms with van der Waals surface area (Å²) in [6, 6.07) is 24.5. The molecule has 1 N–H and O–H groups in total. The zero-order valence-corrected chi connectivity index (χ0v) is 21.4. The zero-order chi connectivity index (χ0) is 23.8. The van der Waals surface area contributed by atoms with Gasteiger partial charge in [-0.25, -0.2) is 0 Å². The maximum absolute atomic E-state index is 11.1. The van der Waals surface area contributed by atoms with Crippen LogP contribution in [0.15, 0.2) is 81.7 Å². The van der Waals surface area contributed by atoms with Crippen LogP contribution in [0.3, 0.4) is 0 Å². The maximum Gasteiger partial charge on any atom is 0.305 e. The van der Waals surface area contributed by atoms with Gasteiger partial charge >= 0.3 is 11.9 Å². The van der Waals surface area contributed by atoms with Gasteiger partial charge in [-0.3, -0.25) is 9.59 Å². The smallest absolute Gasteiger partial charge is 0.305 e. The van der Waals surface area contributed by atoms with Crippen molar-refractivity contribution in [3.63, 3.8) is 0 Å². The molecule has 0 aliphatic rings. The van der Waals surface area contributed by atoms with Gasteiger partial charge in [0.05, 0.1) is 7.11 Å². The fraction of sp³-hybridized carbons (Fsp3) is 0.185. The van der Waals surface area contributed by atoms with E-state index in [-0.39, 0.29) is 12.4 Å². The molecule has 0 radical (unpaired) electrons. The largest absolute Gasteiger partial charge is 0.481 e. The van der Waals surface area contributed by atoms with Crippen LogP contribution in [0.5, 0.6) is 0 Å². The van der Waals surface area contributed by atoms with Crippen molar-refractivity contribution in [2.45, 2.75) is 25.7 Å². The molecule has 0 unspecified atom stereocenters. The molecule has 0 aliphatic carbocycles. The first-order valence-corrected chi connectivity index (χ1v) is 12.1. The predicted molar refractivity (Wildman–Crippen MR) is 140 cm³/mol. The quantitative estimate of drug-likeness (QED) is 0.246. The van der Waals surface area contributed by atoms with Crippen LogP contribution in [-0.4, -0.2) is 24.2 Å². The molecule has 33 heavy (non-hydrogen) atoms. The van der Waals surface area contributed by atoms with Crippen LogP contribution in [0.25, 0.3) is 21.5 Å². The van der Waals surface area contributed by atoms with Crippen LogP contribution in [-0.2, 0) is 27.2 Å². The summed E-state index contributed by atoms with van der Waals surface area (Å²) < 4.78 is 6.76. The molecule has 0 saturated heterocycles. The lowest BCUT2D eigenvalue weighted by Gasteiger charge is -2.04. The summed E-state index contributed by atoms with van der Waals surface area (Å²) >= 11 is 6.87. The lowest BCUT2D eigenvalue weighted by Crippen LogP contribution is -2.01. The van der Waals surface area contributed by atoms with E-state index in [4.69, 9.17) is 5.11 Å². The number of carbonyl (C=O) groups excluding carboxylic acids is 1. The molecule has 4 aromatic carbocycles. The number of hydrogen-bond acceptors (Lipinski definition) is 3. The summed E-state index contributed by atoms with van der Waals surface area (Å²) in [6.45, 7) is 0. The van der Waals surface area contributed by atoms with Crippen molar-refractivity contribution in [1.29, 1.82) is 0 Å². The molecule has 0 spiro atoms. The number of fused-ring (bicyclic) bond motifs is 2. The van der Waals surface area contributed by atoms with Crippen LogP contribution in [0, 0.1) is 0 Å². The third kappa shape index (κ3) is 7.69. The lowest BCUT2D eigenvalue weighted by atomic mass is 10.0. The number of methoxy groups -OCH3 is 1. The first-order chi connectivity index (χ1) is 15.8. The van der Waals surface area contributed by atoms with Gasteiger partial charge in [0.1, 0.15) is 0 Å². The van der Waals surface area contributed by atoms with Crippen LogP contribution in [0.2, 0.25) is 0 Å².